The molecule has 2 N–H and O–H groups in total. The van der Waals surface area contributed by atoms with Gasteiger partial charge in [-0.1, -0.05) is 35.7 Å². The third-order valence-electron chi connectivity index (χ3n) is 4.20. The monoisotopic (exact) mass is 366 g/mol. The van der Waals surface area contributed by atoms with Gasteiger partial charge in [-0.2, -0.15) is 0 Å². The topological polar surface area (TPSA) is 58.2 Å². The fourth-order valence-electron chi connectivity index (χ4n) is 2.80. The largest absolute Gasteiger partial charge is 0.353 e. The molecule has 1 aliphatic rings. The summed E-state index contributed by atoms with van der Waals surface area (Å²) in [5, 5.41) is 5.88. The van der Waals surface area contributed by atoms with Crippen molar-refractivity contribution in [2.75, 3.05) is 6.54 Å². The summed E-state index contributed by atoms with van der Waals surface area (Å²) >= 11 is 3.33. The molecule has 22 heavy (non-hydrogen) atoms. The highest BCUT2D eigenvalue weighted by molar-refractivity contribution is 9.10. The van der Waals surface area contributed by atoms with Gasteiger partial charge in [0.1, 0.15) is 0 Å². The molecule has 0 aliphatic heterocycles. The van der Waals surface area contributed by atoms with Crippen molar-refractivity contribution >= 4 is 27.7 Å². The Morgan fingerprint density at radius 1 is 1.18 bits per heavy atom. The highest BCUT2D eigenvalue weighted by Crippen LogP contribution is 2.23. The van der Waals surface area contributed by atoms with Gasteiger partial charge in [-0.15, -0.1) is 0 Å². The van der Waals surface area contributed by atoms with Gasteiger partial charge in [0.05, 0.1) is 0 Å². The summed E-state index contributed by atoms with van der Waals surface area (Å²) in [5.74, 6) is 0.427. The summed E-state index contributed by atoms with van der Waals surface area (Å²) in [6, 6.07) is 7.45. The van der Waals surface area contributed by atoms with Gasteiger partial charge in [0, 0.05) is 29.0 Å². The van der Waals surface area contributed by atoms with E-state index < -0.39 is 0 Å². The first-order valence-electron chi connectivity index (χ1n) is 7.89. The summed E-state index contributed by atoms with van der Waals surface area (Å²) in [7, 11) is 0. The highest BCUT2D eigenvalue weighted by atomic mass is 79.9. The lowest BCUT2D eigenvalue weighted by atomic mass is 9.86. The van der Waals surface area contributed by atoms with Crippen molar-refractivity contribution in [3.8, 4) is 0 Å². The Morgan fingerprint density at radius 3 is 2.55 bits per heavy atom. The van der Waals surface area contributed by atoms with Crippen molar-refractivity contribution in [2.45, 2.75) is 45.1 Å². The Bertz CT molecular complexity index is 516. The van der Waals surface area contributed by atoms with Crippen molar-refractivity contribution in [1.29, 1.82) is 0 Å². The number of benzene rings is 1. The van der Waals surface area contributed by atoms with E-state index in [2.05, 4.69) is 33.5 Å². The van der Waals surface area contributed by atoms with E-state index in [1.54, 1.807) is 12.1 Å². The van der Waals surface area contributed by atoms with Crippen LogP contribution in [-0.4, -0.2) is 24.4 Å². The van der Waals surface area contributed by atoms with Crippen molar-refractivity contribution < 1.29 is 9.59 Å². The van der Waals surface area contributed by atoms with Crippen LogP contribution in [0.3, 0.4) is 0 Å². The molecule has 0 saturated heterocycles. The molecule has 1 fully saturated rings. The van der Waals surface area contributed by atoms with Crippen LogP contribution in [0.1, 0.15) is 49.4 Å². The summed E-state index contributed by atoms with van der Waals surface area (Å²) in [6.45, 7) is 2.56. The molecule has 0 bridgehead atoms. The van der Waals surface area contributed by atoms with E-state index in [1.807, 2.05) is 12.1 Å². The first-order chi connectivity index (χ1) is 10.6. The van der Waals surface area contributed by atoms with E-state index in [-0.39, 0.29) is 11.8 Å². The molecule has 1 aliphatic carbocycles. The van der Waals surface area contributed by atoms with Gasteiger partial charge < -0.3 is 10.6 Å². The predicted octanol–water partition coefficient (Wildman–Crippen LogP) is 3.26. The average molecular weight is 367 g/mol. The number of amides is 2. The van der Waals surface area contributed by atoms with Crippen LogP contribution in [0.2, 0.25) is 0 Å². The van der Waals surface area contributed by atoms with Crippen molar-refractivity contribution in [1.82, 2.24) is 10.6 Å². The minimum absolute atomic E-state index is 0.0230. The third-order valence-corrected chi connectivity index (χ3v) is 4.73. The molecule has 0 spiro atoms. The maximum atomic E-state index is 12.0. The zero-order chi connectivity index (χ0) is 15.9. The first kappa shape index (κ1) is 17.0. The second-order valence-corrected chi connectivity index (χ2v) is 6.86. The van der Waals surface area contributed by atoms with Crippen LogP contribution in [0.25, 0.3) is 0 Å². The van der Waals surface area contributed by atoms with Crippen LogP contribution >= 0.6 is 15.9 Å². The van der Waals surface area contributed by atoms with Crippen LogP contribution in [0.5, 0.6) is 0 Å². The van der Waals surface area contributed by atoms with Crippen molar-refractivity contribution in [3.05, 3.63) is 34.3 Å². The molecule has 120 valence electrons. The lowest BCUT2D eigenvalue weighted by molar-refractivity contribution is -0.122. The molecule has 2 atom stereocenters. The van der Waals surface area contributed by atoms with Crippen LogP contribution < -0.4 is 10.6 Å². The second-order valence-electron chi connectivity index (χ2n) is 5.95. The molecule has 0 aromatic heterocycles. The smallest absolute Gasteiger partial charge is 0.251 e. The molecule has 4 nitrogen and oxygen atoms in total. The van der Waals surface area contributed by atoms with E-state index >= 15 is 0 Å². The molecule has 2 rings (SSSR count). The Balaban J connectivity index is 1.70. The minimum atomic E-state index is -0.147. The summed E-state index contributed by atoms with van der Waals surface area (Å²) in [5.41, 5.74) is 0.601. The quantitative estimate of drug-likeness (QED) is 0.839. The summed E-state index contributed by atoms with van der Waals surface area (Å²) in [4.78, 5) is 23.9. The fraction of sp³-hybridized carbons (Fsp3) is 0.529. The lowest BCUT2D eigenvalue weighted by Crippen LogP contribution is -2.42. The number of hydrogen-bond donors (Lipinski definition) is 2. The predicted molar refractivity (Wildman–Crippen MR) is 90.7 cm³/mol. The molecule has 1 aromatic rings. The van der Waals surface area contributed by atoms with Crippen LogP contribution in [0.4, 0.5) is 0 Å². The normalized spacial score (nSPS) is 21.2. The van der Waals surface area contributed by atoms with Crippen molar-refractivity contribution in [2.24, 2.45) is 5.92 Å². The maximum Gasteiger partial charge on any atom is 0.251 e. The van der Waals surface area contributed by atoms with Gasteiger partial charge in [-0.05, 0) is 43.0 Å². The summed E-state index contributed by atoms with van der Waals surface area (Å²) < 4.78 is 0.935. The van der Waals surface area contributed by atoms with Gasteiger partial charge in [-0.25, -0.2) is 0 Å². The maximum absolute atomic E-state index is 12.0. The second kappa shape index (κ2) is 8.32. The molecule has 0 radical (unpaired) electrons. The van der Waals surface area contributed by atoms with E-state index in [9.17, 15) is 9.59 Å². The standard InChI is InChI=1S/C17H23BrN2O2/c1-12-4-2-3-5-15(12)20-16(21)10-11-19-17(22)13-6-8-14(18)9-7-13/h6-9,12,15H,2-5,10-11H2,1H3,(H,19,22)(H,20,21). The molecule has 1 aromatic carbocycles. The number of hydrogen-bond acceptors (Lipinski definition) is 2. The van der Waals surface area contributed by atoms with E-state index in [0.29, 0.717) is 30.5 Å². The van der Waals surface area contributed by atoms with Crippen molar-refractivity contribution in [3.63, 3.8) is 0 Å². The molecular weight excluding hydrogens is 344 g/mol. The van der Waals surface area contributed by atoms with Gasteiger partial charge in [0.25, 0.3) is 5.91 Å². The van der Waals surface area contributed by atoms with Crippen LogP contribution in [0.15, 0.2) is 28.7 Å². The molecule has 2 amide bonds. The Hall–Kier alpha value is -1.36. The van der Waals surface area contributed by atoms with Gasteiger partial charge >= 0.3 is 0 Å². The zero-order valence-corrected chi connectivity index (χ0v) is 14.5. The average Bonchev–Trinajstić information content (AvgIpc) is 2.50. The number of carbonyl (C=O) groups excluding carboxylic acids is 2. The fourth-order valence-corrected chi connectivity index (χ4v) is 3.07. The molecular formula is C17H23BrN2O2. The van der Waals surface area contributed by atoms with Gasteiger partial charge in [-0.3, -0.25) is 9.59 Å². The lowest BCUT2D eigenvalue weighted by Gasteiger charge is -2.29. The van der Waals surface area contributed by atoms with E-state index in [4.69, 9.17) is 0 Å². The Morgan fingerprint density at radius 2 is 1.86 bits per heavy atom. The van der Waals surface area contributed by atoms with E-state index in [1.165, 1.54) is 19.3 Å². The number of carbonyl (C=O) groups is 2. The van der Waals surface area contributed by atoms with Crippen LogP contribution in [-0.2, 0) is 4.79 Å². The van der Waals surface area contributed by atoms with Gasteiger partial charge in [0.15, 0.2) is 0 Å². The number of nitrogens with one attached hydrogen (secondary N) is 2. The number of halogens is 1. The third kappa shape index (κ3) is 5.13. The molecule has 2 unspecified atom stereocenters. The van der Waals surface area contributed by atoms with Crippen LogP contribution in [0, 0.1) is 5.92 Å². The zero-order valence-electron chi connectivity index (χ0n) is 12.9. The molecule has 0 heterocycles. The molecule has 5 heteroatoms. The molecule has 1 saturated carbocycles. The Kier molecular flexibility index (Phi) is 6.43. The number of rotatable bonds is 5. The highest BCUT2D eigenvalue weighted by Gasteiger charge is 2.22. The van der Waals surface area contributed by atoms with Gasteiger partial charge in [0.2, 0.25) is 5.91 Å². The minimum Gasteiger partial charge on any atom is -0.353 e. The van der Waals surface area contributed by atoms with E-state index in [0.717, 1.165) is 10.9 Å². The summed E-state index contributed by atoms with van der Waals surface area (Å²) in [6.07, 6.45) is 5.03. The SMILES string of the molecule is CC1CCCCC1NC(=O)CCNC(=O)c1ccc(Br)cc1. The Labute approximate surface area is 140 Å². The first-order valence-corrected chi connectivity index (χ1v) is 8.68.